The van der Waals surface area contributed by atoms with Crippen LogP contribution in [0.15, 0.2) is 34.7 Å². The topological polar surface area (TPSA) is 119 Å². The maximum Gasteiger partial charge on any atom is 0.246 e. The number of carbonyl (C=O) groups is 2. The second-order valence-corrected chi connectivity index (χ2v) is 6.43. The Balaban J connectivity index is 1.72. The van der Waals surface area contributed by atoms with Gasteiger partial charge in [0.05, 0.1) is 25.6 Å². The summed E-state index contributed by atoms with van der Waals surface area (Å²) in [7, 11) is 1.60. The molecule has 2 rings (SSSR count). The molecular formula is C17H21N5O3S. The van der Waals surface area contributed by atoms with Gasteiger partial charge < -0.3 is 15.8 Å². The number of nitrogens with zero attached hydrogens (tertiary/aromatic N) is 2. The van der Waals surface area contributed by atoms with Gasteiger partial charge in [-0.15, -0.1) is 11.3 Å². The fourth-order valence-electron chi connectivity index (χ4n) is 2.04. The Labute approximate surface area is 155 Å². The molecule has 0 bridgehead atoms. The number of ether oxygens (including phenoxy) is 1. The molecule has 138 valence electrons. The van der Waals surface area contributed by atoms with Crippen molar-refractivity contribution in [2.24, 2.45) is 5.10 Å². The van der Waals surface area contributed by atoms with Gasteiger partial charge in [0.1, 0.15) is 5.75 Å². The van der Waals surface area contributed by atoms with Crippen LogP contribution in [0.25, 0.3) is 0 Å². The van der Waals surface area contributed by atoms with Crippen LogP contribution in [0.3, 0.4) is 0 Å². The summed E-state index contributed by atoms with van der Waals surface area (Å²) in [6.07, 6.45) is 0.189. The van der Waals surface area contributed by atoms with E-state index in [1.54, 1.807) is 19.4 Å². The van der Waals surface area contributed by atoms with Crippen LogP contribution < -0.4 is 21.2 Å². The molecule has 0 saturated carbocycles. The van der Waals surface area contributed by atoms with Gasteiger partial charge in [-0.2, -0.15) is 5.10 Å². The van der Waals surface area contributed by atoms with Gasteiger partial charge in [0.2, 0.25) is 11.8 Å². The van der Waals surface area contributed by atoms with Crippen molar-refractivity contribution in [2.45, 2.75) is 26.3 Å². The summed E-state index contributed by atoms with van der Waals surface area (Å²) < 4.78 is 5.09. The first-order valence-electron chi connectivity index (χ1n) is 7.87. The zero-order valence-corrected chi connectivity index (χ0v) is 15.4. The standard InChI is InChI=1S/C17H21N5O3S/c1-11(21-22-16(24)8-13-10-26-17(18)20-13)7-15(23)19-9-12-3-5-14(25-2)6-4-12/h3-6,10H,7-9H2,1-2H3,(H2,18,20)(H,19,23)(H,22,24)/b21-11+. The molecule has 9 heteroatoms. The Hall–Kier alpha value is -2.94. The monoisotopic (exact) mass is 375 g/mol. The van der Waals surface area contributed by atoms with Crippen LogP contribution in [0, 0.1) is 0 Å². The zero-order valence-electron chi connectivity index (χ0n) is 14.6. The molecule has 26 heavy (non-hydrogen) atoms. The van der Waals surface area contributed by atoms with Gasteiger partial charge in [0.15, 0.2) is 5.13 Å². The van der Waals surface area contributed by atoms with E-state index in [9.17, 15) is 9.59 Å². The number of hydrogen-bond acceptors (Lipinski definition) is 7. The fraction of sp³-hybridized carbons (Fsp3) is 0.294. The van der Waals surface area contributed by atoms with E-state index in [4.69, 9.17) is 10.5 Å². The highest BCUT2D eigenvalue weighted by atomic mass is 32.1. The van der Waals surface area contributed by atoms with Crippen LogP contribution in [0.2, 0.25) is 0 Å². The number of nitrogen functional groups attached to an aromatic ring is 1. The fourth-order valence-corrected chi connectivity index (χ4v) is 2.61. The molecule has 2 amide bonds. The second kappa shape index (κ2) is 9.52. The Bertz CT molecular complexity index is 786. The molecule has 4 N–H and O–H groups in total. The third-order valence-corrected chi connectivity index (χ3v) is 4.07. The van der Waals surface area contributed by atoms with Crippen molar-refractivity contribution < 1.29 is 14.3 Å². The Morgan fingerprint density at radius 2 is 2.00 bits per heavy atom. The van der Waals surface area contributed by atoms with Crippen LogP contribution in [-0.4, -0.2) is 29.6 Å². The van der Waals surface area contributed by atoms with Crippen molar-refractivity contribution in [2.75, 3.05) is 12.8 Å². The number of nitrogens with one attached hydrogen (secondary N) is 2. The Morgan fingerprint density at radius 1 is 1.27 bits per heavy atom. The maximum absolute atomic E-state index is 11.9. The molecule has 0 fully saturated rings. The summed E-state index contributed by atoms with van der Waals surface area (Å²) in [5, 5.41) is 8.87. The molecule has 1 heterocycles. The molecule has 1 aromatic carbocycles. The third-order valence-electron chi connectivity index (χ3n) is 3.35. The number of anilines is 1. The van der Waals surface area contributed by atoms with E-state index in [0.29, 0.717) is 23.1 Å². The van der Waals surface area contributed by atoms with Crippen molar-refractivity contribution >= 4 is 34.0 Å². The second-order valence-electron chi connectivity index (χ2n) is 5.54. The normalized spacial score (nSPS) is 11.1. The van der Waals surface area contributed by atoms with Gasteiger partial charge in [0.25, 0.3) is 0 Å². The predicted molar refractivity (Wildman–Crippen MR) is 101 cm³/mol. The lowest BCUT2D eigenvalue weighted by Gasteiger charge is -2.06. The van der Waals surface area contributed by atoms with Crippen molar-refractivity contribution in [1.82, 2.24) is 15.7 Å². The number of hydrogen-bond donors (Lipinski definition) is 3. The van der Waals surface area contributed by atoms with E-state index >= 15 is 0 Å². The van der Waals surface area contributed by atoms with Crippen LogP contribution in [0.1, 0.15) is 24.6 Å². The molecule has 0 atom stereocenters. The summed E-state index contributed by atoms with van der Waals surface area (Å²) in [6, 6.07) is 7.43. The molecule has 0 aliphatic heterocycles. The lowest BCUT2D eigenvalue weighted by molar-refractivity contribution is -0.121. The quantitative estimate of drug-likeness (QED) is 0.477. The van der Waals surface area contributed by atoms with Gasteiger partial charge in [-0.05, 0) is 24.6 Å². The number of rotatable bonds is 8. The number of aromatic nitrogens is 1. The Kier molecular flexibility index (Phi) is 7.10. The van der Waals surface area contributed by atoms with Crippen molar-refractivity contribution in [1.29, 1.82) is 0 Å². The lowest BCUT2D eigenvalue weighted by Crippen LogP contribution is -2.26. The average Bonchev–Trinajstić information content (AvgIpc) is 3.03. The van der Waals surface area contributed by atoms with Gasteiger partial charge in [0, 0.05) is 17.6 Å². The number of methoxy groups -OCH3 is 1. The first kappa shape index (κ1) is 19.4. The summed E-state index contributed by atoms with van der Waals surface area (Å²) in [6.45, 7) is 2.09. The molecule has 0 saturated heterocycles. The van der Waals surface area contributed by atoms with Crippen molar-refractivity contribution in [3.8, 4) is 5.75 Å². The van der Waals surface area contributed by atoms with Gasteiger partial charge in [-0.3, -0.25) is 9.59 Å². The summed E-state index contributed by atoms with van der Waals surface area (Å²) in [5.74, 6) is 0.274. The average molecular weight is 375 g/mol. The van der Waals surface area contributed by atoms with E-state index in [1.807, 2.05) is 24.3 Å². The molecule has 8 nitrogen and oxygen atoms in total. The van der Waals surface area contributed by atoms with E-state index < -0.39 is 0 Å². The number of hydrazone groups is 1. The SMILES string of the molecule is COc1ccc(CNC(=O)C/C(C)=N/NC(=O)Cc2csc(N)n2)cc1. The first-order chi connectivity index (χ1) is 12.5. The summed E-state index contributed by atoms with van der Waals surface area (Å²) >= 11 is 1.28. The van der Waals surface area contributed by atoms with Crippen LogP contribution in [-0.2, 0) is 22.6 Å². The van der Waals surface area contributed by atoms with Gasteiger partial charge in [-0.25, -0.2) is 10.4 Å². The highest BCUT2D eigenvalue weighted by molar-refractivity contribution is 7.13. The molecule has 0 aliphatic carbocycles. The predicted octanol–water partition coefficient (Wildman–Crippen LogP) is 1.47. The maximum atomic E-state index is 11.9. The van der Waals surface area contributed by atoms with Crippen LogP contribution >= 0.6 is 11.3 Å². The lowest BCUT2D eigenvalue weighted by atomic mass is 10.2. The van der Waals surface area contributed by atoms with Crippen molar-refractivity contribution in [3.63, 3.8) is 0 Å². The van der Waals surface area contributed by atoms with Crippen LogP contribution in [0.5, 0.6) is 5.75 Å². The van der Waals surface area contributed by atoms with Crippen molar-refractivity contribution in [3.05, 3.63) is 40.9 Å². The largest absolute Gasteiger partial charge is 0.497 e. The van der Waals surface area contributed by atoms with E-state index in [2.05, 4.69) is 20.8 Å². The number of thiazole rings is 1. The Morgan fingerprint density at radius 3 is 2.62 bits per heavy atom. The number of amides is 2. The molecule has 2 aromatic rings. The summed E-state index contributed by atoms with van der Waals surface area (Å²) in [4.78, 5) is 27.7. The zero-order chi connectivity index (χ0) is 18.9. The van der Waals surface area contributed by atoms with E-state index in [1.165, 1.54) is 11.3 Å². The third kappa shape index (κ3) is 6.52. The first-order valence-corrected chi connectivity index (χ1v) is 8.75. The smallest absolute Gasteiger partial charge is 0.246 e. The molecule has 0 spiro atoms. The molecule has 1 aromatic heterocycles. The number of carbonyl (C=O) groups excluding carboxylic acids is 2. The highest BCUT2D eigenvalue weighted by Gasteiger charge is 2.07. The minimum absolute atomic E-state index is 0.0914. The van der Waals surface area contributed by atoms with Gasteiger partial charge >= 0.3 is 0 Å². The number of benzene rings is 1. The minimum Gasteiger partial charge on any atom is -0.497 e. The molecular weight excluding hydrogens is 354 g/mol. The minimum atomic E-state index is -0.312. The van der Waals surface area contributed by atoms with E-state index in [0.717, 1.165) is 11.3 Å². The highest BCUT2D eigenvalue weighted by Crippen LogP contribution is 2.11. The molecule has 0 radical (unpaired) electrons. The molecule has 0 unspecified atom stereocenters. The summed E-state index contributed by atoms with van der Waals surface area (Å²) in [5.41, 5.74) is 9.98. The van der Waals surface area contributed by atoms with Crippen LogP contribution in [0.4, 0.5) is 5.13 Å². The number of nitrogens with two attached hydrogens (primary N) is 1. The van der Waals surface area contributed by atoms with Gasteiger partial charge in [-0.1, -0.05) is 12.1 Å². The van der Waals surface area contributed by atoms with E-state index in [-0.39, 0.29) is 24.7 Å². The molecule has 0 aliphatic rings.